The zero-order valence-corrected chi connectivity index (χ0v) is 16.1. The minimum atomic E-state index is 0.485. The van der Waals surface area contributed by atoms with E-state index in [1.165, 1.54) is 5.56 Å². The van der Waals surface area contributed by atoms with Crippen LogP contribution >= 0.6 is 0 Å². The lowest BCUT2D eigenvalue weighted by Crippen LogP contribution is -2.37. The molecule has 27 heavy (non-hydrogen) atoms. The van der Waals surface area contributed by atoms with Gasteiger partial charge in [-0.1, -0.05) is 30.3 Å². The molecule has 3 rings (SSSR count). The lowest BCUT2D eigenvalue weighted by molar-refractivity contribution is 0.463. The SMILES string of the molecule is CCNC(=NCc1nccn1Cc1ccccc1)NCc1nc(C)c(C)o1. The van der Waals surface area contributed by atoms with Crippen LogP contribution in [0, 0.1) is 13.8 Å². The Labute approximate surface area is 159 Å². The van der Waals surface area contributed by atoms with E-state index in [9.17, 15) is 0 Å². The molecule has 2 aromatic heterocycles. The number of rotatable bonds is 7. The molecule has 0 spiro atoms. The predicted molar refractivity (Wildman–Crippen MR) is 105 cm³/mol. The average molecular weight is 366 g/mol. The fourth-order valence-electron chi connectivity index (χ4n) is 2.68. The molecule has 0 saturated carbocycles. The molecule has 7 heteroatoms. The Bertz CT molecular complexity index is 862. The Morgan fingerprint density at radius 2 is 2.00 bits per heavy atom. The van der Waals surface area contributed by atoms with Crippen molar-refractivity contribution in [2.45, 2.75) is 40.4 Å². The van der Waals surface area contributed by atoms with Gasteiger partial charge in [0.1, 0.15) is 18.1 Å². The van der Waals surface area contributed by atoms with Crippen molar-refractivity contribution >= 4 is 5.96 Å². The minimum Gasteiger partial charge on any atom is -0.444 e. The van der Waals surface area contributed by atoms with Crippen LogP contribution in [0.4, 0.5) is 0 Å². The number of benzene rings is 1. The molecule has 0 bridgehead atoms. The normalized spacial score (nSPS) is 11.6. The maximum Gasteiger partial charge on any atom is 0.214 e. The molecule has 0 atom stereocenters. The number of oxazole rings is 1. The second-order valence-corrected chi connectivity index (χ2v) is 6.25. The van der Waals surface area contributed by atoms with Gasteiger partial charge in [-0.3, -0.25) is 0 Å². The monoisotopic (exact) mass is 366 g/mol. The van der Waals surface area contributed by atoms with Crippen molar-refractivity contribution < 1.29 is 4.42 Å². The molecule has 0 radical (unpaired) electrons. The number of imidazole rings is 1. The van der Waals surface area contributed by atoms with Crippen LogP contribution in [-0.4, -0.2) is 27.0 Å². The number of nitrogens with zero attached hydrogens (tertiary/aromatic N) is 4. The number of aryl methyl sites for hydroxylation is 2. The van der Waals surface area contributed by atoms with E-state index in [1.54, 1.807) is 0 Å². The summed E-state index contributed by atoms with van der Waals surface area (Å²) in [5.41, 5.74) is 2.15. The molecule has 3 aromatic rings. The van der Waals surface area contributed by atoms with Gasteiger partial charge in [-0.2, -0.15) is 0 Å². The molecule has 1 aromatic carbocycles. The summed E-state index contributed by atoms with van der Waals surface area (Å²) in [5, 5.41) is 6.49. The molecule has 0 aliphatic heterocycles. The first-order valence-electron chi connectivity index (χ1n) is 9.14. The van der Waals surface area contributed by atoms with Gasteiger partial charge >= 0.3 is 0 Å². The summed E-state index contributed by atoms with van der Waals surface area (Å²) < 4.78 is 7.72. The van der Waals surface area contributed by atoms with E-state index >= 15 is 0 Å². The Morgan fingerprint density at radius 1 is 1.19 bits per heavy atom. The molecule has 0 aliphatic rings. The van der Waals surface area contributed by atoms with Crippen molar-refractivity contribution in [1.29, 1.82) is 0 Å². The molecule has 2 heterocycles. The predicted octanol–water partition coefficient (Wildman–Crippen LogP) is 2.79. The smallest absolute Gasteiger partial charge is 0.214 e. The van der Waals surface area contributed by atoms with Gasteiger partial charge in [0.15, 0.2) is 5.96 Å². The van der Waals surface area contributed by atoms with E-state index in [-0.39, 0.29) is 0 Å². The van der Waals surface area contributed by atoms with Crippen molar-refractivity contribution in [2.75, 3.05) is 6.54 Å². The molecule has 2 N–H and O–H groups in total. The van der Waals surface area contributed by atoms with Gasteiger partial charge in [-0.15, -0.1) is 0 Å². The highest BCUT2D eigenvalue weighted by atomic mass is 16.4. The number of guanidine groups is 1. The van der Waals surface area contributed by atoms with Gasteiger partial charge in [0.2, 0.25) is 5.89 Å². The van der Waals surface area contributed by atoms with Crippen molar-refractivity contribution in [3.63, 3.8) is 0 Å². The average Bonchev–Trinajstić information content (AvgIpc) is 3.24. The lowest BCUT2D eigenvalue weighted by Gasteiger charge is -2.10. The van der Waals surface area contributed by atoms with Gasteiger partial charge in [0.05, 0.1) is 12.2 Å². The third kappa shape index (κ3) is 5.20. The van der Waals surface area contributed by atoms with Crippen LogP contribution in [0.25, 0.3) is 0 Å². The summed E-state index contributed by atoms with van der Waals surface area (Å²) in [6, 6.07) is 10.3. The molecule has 7 nitrogen and oxygen atoms in total. The van der Waals surface area contributed by atoms with Gasteiger partial charge < -0.3 is 19.6 Å². The summed E-state index contributed by atoms with van der Waals surface area (Å²) >= 11 is 0. The zero-order chi connectivity index (χ0) is 19.1. The summed E-state index contributed by atoms with van der Waals surface area (Å²) in [6.45, 7) is 8.41. The van der Waals surface area contributed by atoms with Crippen LogP contribution < -0.4 is 10.6 Å². The Morgan fingerprint density at radius 3 is 2.70 bits per heavy atom. The maximum atomic E-state index is 5.61. The first-order chi connectivity index (χ1) is 13.2. The van der Waals surface area contributed by atoms with Gasteiger partial charge in [-0.05, 0) is 26.3 Å². The third-order valence-electron chi connectivity index (χ3n) is 4.20. The molecule has 0 fully saturated rings. The maximum absolute atomic E-state index is 5.61. The standard InChI is InChI=1S/C20H26N6O/c1-4-21-20(24-13-19-25-15(2)16(3)27-19)23-12-18-22-10-11-26(18)14-17-8-6-5-7-9-17/h5-11H,4,12-14H2,1-3H3,(H2,21,23,24). The molecule has 0 amide bonds. The van der Waals surface area contributed by atoms with Crippen molar-refractivity contribution in [2.24, 2.45) is 4.99 Å². The fourth-order valence-corrected chi connectivity index (χ4v) is 2.68. The quantitative estimate of drug-likeness (QED) is 0.496. The molecule has 0 aliphatic carbocycles. The Kier molecular flexibility index (Phi) is 6.25. The largest absolute Gasteiger partial charge is 0.444 e. The third-order valence-corrected chi connectivity index (χ3v) is 4.20. The number of aromatic nitrogens is 3. The van der Waals surface area contributed by atoms with Crippen LogP contribution in [0.5, 0.6) is 0 Å². The first kappa shape index (κ1) is 18.7. The van der Waals surface area contributed by atoms with Crippen molar-refractivity contribution in [1.82, 2.24) is 25.2 Å². The second kappa shape index (κ2) is 9.02. The molecular formula is C20H26N6O. The van der Waals surface area contributed by atoms with Crippen LogP contribution in [-0.2, 0) is 19.6 Å². The highest BCUT2D eigenvalue weighted by Gasteiger charge is 2.07. The van der Waals surface area contributed by atoms with E-state index in [4.69, 9.17) is 4.42 Å². The number of hydrogen-bond donors (Lipinski definition) is 2. The van der Waals surface area contributed by atoms with Crippen molar-refractivity contribution in [3.05, 3.63) is 71.5 Å². The van der Waals surface area contributed by atoms with E-state index in [0.717, 1.165) is 30.4 Å². The van der Waals surface area contributed by atoms with E-state index in [2.05, 4.69) is 42.3 Å². The molecular weight excluding hydrogens is 340 g/mol. The lowest BCUT2D eigenvalue weighted by atomic mass is 10.2. The topological polar surface area (TPSA) is 80.3 Å². The van der Waals surface area contributed by atoms with E-state index in [1.807, 2.05) is 51.4 Å². The molecule has 0 unspecified atom stereocenters. The molecule has 142 valence electrons. The van der Waals surface area contributed by atoms with Gasteiger partial charge in [0, 0.05) is 25.5 Å². The molecule has 0 saturated heterocycles. The number of hydrogen-bond acceptors (Lipinski definition) is 4. The van der Waals surface area contributed by atoms with Crippen LogP contribution in [0.15, 0.2) is 52.1 Å². The highest BCUT2D eigenvalue weighted by Crippen LogP contribution is 2.08. The van der Waals surface area contributed by atoms with Crippen LogP contribution in [0.3, 0.4) is 0 Å². The summed E-state index contributed by atoms with van der Waals surface area (Å²) in [4.78, 5) is 13.5. The van der Waals surface area contributed by atoms with Gasteiger partial charge in [-0.25, -0.2) is 15.0 Å². The fraction of sp³-hybridized carbons (Fsp3) is 0.350. The Balaban J connectivity index is 1.64. The first-order valence-corrected chi connectivity index (χ1v) is 9.14. The number of nitrogens with one attached hydrogen (secondary N) is 2. The van der Waals surface area contributed by atoms with Crippen molar-refractivity contribution in [3.8, 4) is 0 Å². The zero-order valence-electron chi connectivity index (χ0n) is 16.1. The highest BCUT2D eigenvalue weighted by molar-refractivity contribution is 5.79. The summed E-state index contributed by atoms with van der Waals surface area (Å²) in [6.07, 6.45) is 3.79. The second-order valence-electron chi connectivity index (χ2n) is 6.25. The van der Waals surface area contributed by atoms with Crippen LogP contribution in [0.1, 0.15) is 35.7 Å². The van der Waals surface area contributed by atoms with E-state index < -0.39 is 0 Å². The Hall–Kier alpha value is -3.09. The van der Waals surface area contributed by atoms with E-state index in [0.29, 0.717) is 24.9 Å². The minimum absolute atomic E-state index is 0.485. The summed E-state index contributed by atoms with van der Waals surface area (Å²) in [7, 11) is 0. The van der Waals surface area contributed by atoms with Crippen LogP contribution in [0.2, 0.25) is 0 Å². The van der Waals surface area contributed by atoms with Gasteiger partial charge in [0.25, 0.3) is 0 Å². The summed E-state index contributed by atoms with van der Waals surface area (Å²) in [5.74, 6) is 3.12. The number of aliphatic imine (C=N–C) groups is 1.